The topological polar surface area (TPSA) is 61.0 Å². The average Bonchev–Trinajstić information content (AvgIpc) is 2.31. The van der Waals surface area contributed by atoms with Crippen LogP contribution in [0.25, 0.3) is 0 Å². The van der Waals surface area contributed by atoms with Crippen molar-refractivity contribution in [3.8, 4) is 11.6 Å². The molecule has 2 aromatic rings. The van der Waals surface area contributed by atoms with Crippen LogP contribution < -0.4 is 10.5 Å². The first-order valence-electron chi connectivity index (χ1n) is 5.92. The van der Waals surface area contributed by atoms with Gasteiger partial charge in [-0.1, -0.05) is 26.0 Å². The lowest BCUT2D eigenvalue weighted by molar-refractivity contribution is 0.456. The highest BCUT2D eigenvalue weighted by atomic mass is 16.5. The van der Waals surface area contributed by atoms with Crippen LogP contribution in [0.2, 0.25) is 0 Å². The fourth-order valence-corrected chi connectivity index (χ4v) is 1.61. The maximum atomic E-state index is 5.73. The molecular formula is C14H17N3O. The predicted molar refractivity (Wildman–Crippen MR) is 71.8 cm³/mol. The number of aromatic nitrogens is 2. The molecule has 1 aromatic carbocycles. The van der Waals surface area contributed by atoms with Crippen molar-refractivity contribution in [3.63, 3.8) is 0 Å². The summed E-state index contributed by atoms with van der Waals surface area (Å²) in [7, 11) is 0. The molecule has 0 unspecified atom stereocenters. The third-order valence-electron chi connectivity index (χ3n) is 2.72. The summed E-state index contributed by atoms with van der Waals surface area (Å²) in [6, 6.07) is 6.19. The first-order chi connectivity index (χ1) is 8.56. The van der Waals surface area contributed by atoms with Gasteiger partial charge in [-0.05, 0) is 30.0 Å². The molecule has 18 heavy (non-hydrogen) atoms. The zero-order valence-electron chi connectivity index (χ0n) is 10.8. The van der Waals surface area contributed by atoms with Crippen LogP contribution in [0.15, 0.2) is 30.6 Å². The Balaban J connectivity index is 2.30. The van der Waals surface area contributed by atoms with Crippen LogP contribution >= 0.6 is 0 Å². The molecule has 0 spiro atoms. The number of hydrogen-bond donors (Lipinski definition) is 1. The zero-order chi connectivity index (χ0) is 13.1. The van der Waals surface area contributed by atoms with Gasteiger partial charge in [-0.15, -0.1) is 0 Å². The molecule has 1 heterocycles. The lowest BCUT2D eigenvalue weighted by atomic mass is 10.0. The SMILES string of the molecule is Cc1ccc(C(C)C)cc1Oc1cncc(N)n1. The number of aryl methyl sites for hydroxylation is 1. The Kier molecular flexibility index (Phi) is 3.46. The van der Waals surface area contributed by atoms with Crippen LogP contribution in [0.1, 0.15) is 30.9 Å². The van der Waals surface area contributed by atoms with E-state index in [4.69, 9.17) is 10.5 Å². The van der Waals surface area contributed by atoms with Gasteiger partial charge in [0.1, 0.15) is 11.6 Å². The van der Waals surface area contributed by atoms with Crippen molar-refractivity contribution >= 4 is 5.82 Å². The Labute approximate surface area is 107 Å². The van der Waals surface area contributed by atoms with Gasteiger partial charge in [0.15, 0.2) is 0 Å². The van der Waals surface area contributed by atoms with E-state index in [1.807, 2.05) is 19.1 Å². The normalized spacial score (nSPS) is 10.7. The lowest BCUT2D eigenvalue weighted by Crippen LogP contribution is -1.97. The Bertz CT molecular complexity index is 552. The van der Waals surface area contributed by atoms with E-state index < -0.39 is 0 Å². The van der Waals surface area contributed by atoms with Crippen LogP contribution in [0.4, 0.5) is 5.82 Å². The number of hydrogen-bond acceptors (Lipinski definition) is 4. The Morgan fingerprint density at radius 1 is 1.22 bits per heavy atom. The van der Waals surface area contributed by atoms with E-state index in [9.17, 15) is 0 Å². The monoisotopic (exact) mass is 243 g/mol. The maximum Gasteiger partial charge on any atom is 0.239 e. The maximum absolute atomic E-state index is 5.73. The molecule has 2 rings (SSSR count). The zero-order valence-corrected chi connectivity index (χ0v) is 10.8. The van der Waals surface area contributed by atoms with E-state index in [1.54, 1.807) is 6.20 Å². The van der Waals surface area contributed by atoms with Gasteiger partial charge < -0.3 is 10.5 Å². The molecule has 0 radical (unpaired) electrons. The van der Waals surface area contributed by atoms with Crippen molar-refractivity contribution in [3.05, 3.63) is 41.7 Å². The molecule has 2 N–H and O–H groups in total. The number of nitrogens with two attached hydrogens (primary N) is 1. The molecule has 94 valence electrons. The first kappa shape index (κ1) is 12.4. The molecule has 0 bridgehead atoms. The van der Waals surface area contributed by atoms with Gasteiger partial charge in [-0.25, -0.2) is 0 Å². The minimum atomic E-state index is 0.352. The second-order valence-corrected chi connectivity index (χ2v) is 4.56. The molecule has 0 aliphatic rings. The summed E-state index contributed by atoms with van der Waals surface area (Å²) in [6.07, 6.45) is 3.04. The van der Waals surface area contributed by atoms with E-state index in [0.29, 0.717) is 17.6 Å². The van der Waals surface area contributed by atoms with Gasteiger partial charge >= 0.3 is 0 Å². The number of benzene rings is 1. The van der Waals surface area contributed by atoms with E-state index in [0.717, 1.165) is 11.3 Å². The molecule has 0 atom stereocenters. The van der Waals surface area contributed by atoms with Gasteiger partial charge in [-0.2, -0.15) is 4.98 Å². The minimum Gasteiger partial charge on any atom is -0.437 e. The second kappa shape index (κ2) is 5.04. The number of anilines is 1. The standard InChI is InChI=1S/C14H17N3O/c1-9(2)11-5-4-10(3)12(6-11)18-14-8-16-7-13(15)17-14/h4-9H,1-3H3,(H2,15,17). The third kappa shape index (κ3) is 2.77. The van der Waals surface area contributed by atoms with Crippen molar-refractivity contribution < 1.29 is 4.74 Å². The van der Waals surface area contributed by atoms with Crippen LogP contribution in [0.3, 0.4) is 0 Å². The highest BCUT2D eigenvalue weighted by Gasteiger charge is 2.07. The summed E-state index contributed by atoms with van der Waals surface area (Å²) in [6.45, 7) is 6.29. The average molecular weight is 243 g/mol. The van der Waals surface area contributed by atoms with Crippen LogP contribution in [0, 0.1) is 6.92 Å². The highest BCUT2D eigenvalue weighted by molar-refractivity contribution is 5.40. The quantitative estimate of drug-likeness (QED) is 0.898. The third-order valence-corrected chi connectivity index (χ3v) is 2.72. The van der Waals surface area contributed by atoms with Crippen LogP contribution in [-0.2, 0) is 0 Å². The number of rotatable bonds is 3. The number of nitrogens with zero attached hydrogens (tertiary/aromatic N) is 2. The van der Waals surface area contributed by atoms with Gasteiger partial charge in [0.25, 0.3) is 0 Å². The van der Waals surface area contributed by atoms with E-state index in [2.05, 4.69) is 29.9 Å². The molecule has 0 aliphatic carbocycles. The molecule has 0 fully saturated rings. The van der Waals surface area contributed by atoms with Crippen LogP contribution in [0.5, 0.6) is 11.6 Å². The Morgan fingerprint density at radius 2 is 2.00 bits per heavy atom. The molecule has 0 saturated heterocycles. The van der Waals surface area contributed by atoms with Gasteiger partial charge in [0.2, 0.25) is 5.88 Å². The smallest absolute Gasteiger partial charge is 0.239 e. The minimum absolute atomic E-state index is 0.352. The Hall–Kier alpha value is -2.10. The van der Waals surface area contributed by atoms with Crippen molar-refractivity contribution in [2.24, 2.45) is 0 Å². The summed E-state index contributed by atoms with van der Waals surface area (Å²) in [5.41, 5.74) is 7.86. The van der Waals surface area contributed by atoms with E-state index in [-0.39, 0.29) is 0 Å². The fraction of sp³-hybridized carbons (Fsp3) is 0.286. The summed E-state index contributed by atoms with van der Waals surface area (Å²) in [5.74, 6) is 2.02. The summed E-state index contributed by atoms with van der Waals surface area (Å²) in [5, 5.41) is 0. The van der Waals surface area contributed by atoms with Crippen molar-refractivity contribution in [1.29, 1.82) is 0 Å². The van der Waals surface area contributed by atoms with E-state index >= 15 is 0 Å². The first-order valence-corrected chi connectivity index (χ1v) is 5.92. The summed E-state index contributed by atoms with van der Waals surface area (Å²) < 4.78 is 5.73. The molecular weight excluding hydrogens is 226 g/mol. The molecule has 0 amide bonds. The van der Waals surface area contributed by atoms with Crippen molar-refractivity contribution in [2.45, 2.75) is 26.7 Å². The molecule has 4 nitrogen and oxygen atoms in total. The van der Waals surface area contributed by atoms with Crippen molar-refractivity contribution in [1.82, 2.24) is 9.97 Å². The molecule has 1 aromatic heterocycles. The second-order valence-electron chi connectivity index (χ2n) is 4.56. The Morgan fingerprint density at radius 3 is 2.67 bits per heavy atom. The predicted octanol–water partition coefficient (Wildman–Crippen LogP) is 3.28. The lowest BCUT2D eigenvalue weighted by Gasteiger charge is -2.11. The summed E-state index contributed by atoms with van der Waals surface area (Å²) >= 11 is 0. The van der Waals surface area contributed by atoms with Crippen molar-refractivity contribution in [2.75, 3.05) is 5.73 Å². The van der Waals surface area contributed by atoms with Crippen LogP contribution in [-0.4, -0.2) is 9.97 Å². The van der Waals surface area contributed by atoms with Gasteiger partial charge in [-0.3, -0.25) is 4.98 Å². The van der Waals surface area contributed by atoms with E-state index in [1.165, 1.54) is 11.8 Å². The number of nitrogen functional groups attached to an aromatic ring is 1. The largest absolute Gasteiger partial charge is 0.437 e. The highest BCUT2D eigenvalue weighted by Crippen LogP contribution is 2.27. The molecule has 4 heteroatoms. The fourth-order valence-electron chi connectivity index (χ4n) is 1.61. The number of ether oxygens (including phenoxy) is 1. The van der Waals surface area contributed by atoms with Gasteiger partial charge in [0.05, 0.1) is 12.4 Å². The molecule has 0 saturated carbocycles. The van der Waals surface area contributed by atoms with Gasteiger partial charge in [0, 0.05) is 0 Å². The summed E-state index contributed by atoms with van der Waals surface area (Å²) in [4.78, 5) is 8.03. The molecule has 0 aliphatic heterocycles.